The summed E-state index contributed by atoms with van der Waals surface area (Å²) in [6, 6.07) is 0. The van der Waals surface area contributed by atoms with Crippen LogP contribution in [-0.4, -0.2) is 18.6 Å². The van der Waals surface area contributed by atoms with Gasteiger partial charge in [-0.05, 0) is 25.7 Å². The van der Waals surface area contributed by atoms with Crippen LogP contribution in [0.1, 0.15) is 52.4 Å². The molecule has 3 heteroatoms. The van der Waals surface area contributed by atoms with Gasteiger partial charge in [0.25, 0.3) is 5.92 Å². The van der Waals surface area contributed by atoms with Crippen LogP contribution in [0.4, 0.5) is 8.78 Å². The van der Waals surface area contributed by atoms with Gasteiger partial charge in [0.05, 0.1) is 6.10 Å². The van der Waals surface area contributed by atoms with Crippen molar-refractivity contribution in [1.82, 2.24) is 0 Å². The Kier molecular flexibility index (Phi) is 4.97. The van der Waals surface area contributed by atoms with Crippen molar-refractivity contribution >= 4 is 0 Å². The number of halogens is 2. The molecule has 0 saturated heterocycles. The molecule has 1 aliphatic carbocycles. The van der Waals surface area contributed by atoms with Gasteiger partial charge < -0.3 is 4.74 Å². The van der Waals surface area contributed by atoms with E-state index in [1.54, 1.807) is 0 Å². The van der Waals surface area contributed by atoms with Gasteiger partial charge in [0, 0.05) is 18.9 Å². The molecule has 0 spiro atoms. The molecule has 0 aromatic carbocycles. The molecule has 0 bridgehead atoms. The minimum absolute atomic E-state index is 0.00228. The molecule has 0 aromatic heterocycles. The van der Waals surface area contributed by atoms with Crippen molar-refractivity contribution in [3.8, 4) is 0 Å². The predicted octanol–water partition coefficient (Wildman–Crippen LogP) is 4.02. The average molecular weight is 220 g/mol. The second-order valence-electron chi connectivity index (χ2n) is 4.49. The summed E-state index contributed by atoms with van der Waals surface area (Å²) >= 11 is 0. The van der Waals surface area contributed by atoms with Gasteiger partial charge in [-0.1, -0.05) is 20.3 Å². The Labute approximate surface area is 91.2 Å². The quantitative estimate of drug-likeness (QED) is 0.636. The number of hydrogen-bond acceptors (Lipinski definition) is 1. The van der Waals surface area contributed by atoms with Gasteiger partial charge in [-0.25, -0.2) is 8.78 Å². The monoisotopic (exact) mass is 220 g/mol. The zero-order valence-electron chi connectivity index (χ0n) is 9.77. The van der Waals surface area contributed by atoms with Crippen LogP contribution in [-0.2, 0) is 4.74 Å². The van der Waals surface area contributed by atoms with Crippen LogP contribution in [0.5, 0.6) is 0 Å². The molecule has 0 unspecified atom stereocenters. The van der Waals surface area contributed by atoms with Crippen LogP contribution in [0.15, 0.2) is 0 Å². The van der Waals surface area contributed by atoms with E-state index < -0.39 is 11.8 Å². The molecule has 90 valence electrons. The van der Waals surface area contributed by atoms with Crippen molar-refractivity contribution in [2.75, 3.05) is 6.61 Å². The van der Waals surface area contributed by atoms with Crippen molar-refractivity contribution in [3.63, 3.8) is 0 Å². The van der Waals surface area contributed by atoms with E-state index in [1.165, 1.54) is 0 Å². The fourth-order valence-corrected chi connectivity index (χ4v) is 2.18. The van der Waals surface area contributed by atoms with Gasteiger partial charge in [0.15, 0.2) is 0 Å². The topological polar surface area (TPSA) is 9.23 Å². The van der Waals surface area contributed by atoms with Crippen LogP contribution in [0.25, 0.3) is 0 Å². The summed E-state index contributed by atoms with van der Waals surface area (Å²) in [5.74, 6) is -2.93. The summed E-state index contributed by atoms with van der Waals surface area (Å²) in [5.41, 5.74) is 0. The molecular weight excluding hydrogens is 198 g/mol. The molecule has 0 heterocycles. The van der Waals surface area contributed by atoms with Crippen molar-refractivity contribution in [1.29, 1.82) is 0 Å². The zero-order chi connectivity index (χ0) is 11.3. The summed E-state index contributed by atoms with van der Waals surface area (Å²) in [7, 11) is 0. The maximum absolute atomic E-state index is 13.4. The summed E-state index contributed by atoms with van der Waals surface area (Å²) < 4.78 is 32.4. The third kappa shape index (κ3) is 3.71. The van der Waals surface area contributed by atoms with E-state index in [4.69, 9.17) is 4.74 Å². The van der Waals surface area contributed by atoms with Gasteiger partial charge in [-0.2, -0.15) is 0 Å². The molecule has 1 fully saturated rings. The predicted molar refractivity (Wildman–Crippen MR) is 57.2 cm³/mol. The standard InChI is InChI=1S/C12H22F2O/c1-3-5-8-15-11-6-7-12(13,14)10(4-2)9-11/h10-11H,3-9H2,1-2H3/t10-,11-/m1/s1. The number of rotatable bonds is 5. The molecule has 15 heavy (non-hydrogen) atoms. The normalized spacial score (nSPS) is 30.4. The van der Waals surface area contributed by atoms with E-state index >= 15 is 0 Å². The highest BCUT2D eigenvalue weighted by Crippen LogP contribution is 2.41. The maximum Gasteiger partial charge on any atom is 0.251 e. The van der Waals surface area contributed by atoms with E-state index in [9.17, 15) is 8.78 Å². The van der Waals surface area contributed by atoms with E-state index in [1.807, 2.05) is 6.92 Å². The van der Waals surface area contributed by atoms with Crippen LogP contribution >= 0.6 is 0 Å². The van der Waals surface area contributed by atoms with Crippen molar-refractivity contribution in [3.05, 3.63) is 0 Å². The average Bonchev–Trinajstić information content (AvgIpc) is 2.20. The molecule has 1 aliphatic rings. The van der Waals surface area contributed by atoms with Gasteiger partial charge in [-0.3, -0.25) is 0 Å². The Bertz CT molecular complexity index is 182. The Morgan fingerprint density at radius 2 is 2.07 bits per heavy atom. The molecule has 0 aromatic rings. The number of unbranched alkanes of at least 4 members (excludes halogenated alkanes) is 1. The highest BCUT2D eigenvalue weighted by Gasteiger charge is 2.43. The Hall–Kier alpha value is -0.180. The van der Waals surface area contributed by atoms with Crippen molar-refractivity contribution in [2.24, 2.45) is 5.92 Å². The van der Waals surface area contributed by atoms with Crippen LogP contribution in [0.2, 0.25) is 0 Å². The molecule has 0 N–H and O–H groups in total. The number of hydrogen-bond donors (Lipinski definition) is 0. The SMILES string of the molecule is CCCCO[C@@H]1CCC(F)(F)[C@H](CC)C1. The fraction of sp³-hybridized carbons (Fsp3) is 1.00. The van der Waals surface area contributed by atoms with Crippen LogP contribution < -0.4 is 0 Å². The largest absolute Gasteiger partial charge is 0.378 e. The van der Waals surface area contributed by atoms with Crippen LogP contribution in [0, 0.1) is 5.92 Å². The summed E-state index contributed by atoms with van der Waals surface area (Å²) in [4.78, 5) is 0. The summed E-state index contributed by atoms with van der Waals surface area (Å²) in [5, 5.41) is 0. The van der Waals surface area contributed by atoms with E-state index in [0.717, 1.165) is 19.4 Å². The minimum atomic E-state index is -2.46. The van der Waals surface area contributed by atoms with Gasteiger partial charge in [0.2, 0.25) is 0 Å². The molecule has 1 rings (SSSR count). The zero-order valence-corrected chi connectivity index (χ0v) is 9.77. The third-order valence-electron chi connectivity index (χ3n) is 3.29. The Balaban J connectivity index is 2.33. The van der Waals surface area contributed by atoms with Crippen molar-refractivity contribution < 1.29 is 13.5 Å². The first-order valence-corrected chi connectivity index (χ1v) is 6.09. The minimum Gasteiger partial charge on any atom is -0.378 e. The molecule has 2 atom stereocenters. The lowest BCUT2D eigenvalue weighted by Crippen LogP contribution is -2.38. The Morgan fingerprint density at radius 3 is 2.67 bits per heavy atom. The fourth-order valence-electron chi connectivity index (χ4n) is 2.18. The number of ether oxygens (including phenoxy) is 1. The first kappa shape index (κ1) is 12.9. The molecule has 0 radical (unpaired) electrons. The van der Waals surface area contributed by atoms with Gasteiger partial charge >= 0.3 is 0 Å². The summed E-state index contributed by atoms with van der Waals surface area (Å²) in [6.45, 7) is 4.67. The molecule has 1 saturated carbocycles. The molecular formula is C12H22F2O. The second kappa shape index (κ2) is 5.78. The lowest BCUT2D eigenvalue weighted by Gasteiger charge is -2.35. The number of alkyl halides is 2. The lowest BCUT2D eigenvalue weighted by molar-refractivity contribution is -0.125. The van der Waals surface area contributed by atoms with E-state index in [2.05, 4.69) is 6.92 Å². The highest BCUT2D eigenvalue weighted by molar-refractivity contribution is 4.85. The first-order valence-electron chi connectivity index (χ1n) is 6.09. The van der Waals surface area contributed by atoms with E-state index in [-0.39, 0.29) is 12.5 Å². The maximum atomic E-state index is 13.4. The van der Waals surface area contributed by atoms with Gasteiger partial charge in [0.1, 0.15) is 0 Å². The summed E-state index contributed by atoms with van der Waals surface area (Å²) in [6.07, 6.45) is 3.81. The second-order valence-corrected chi connectivity index (χ2v) is 4.49. The van der Waals surface area contributed by atoms with Crippen LogP contribution in [0.3, 0.4) is 0 Å². The molecule has 0 aliphatic heterocycles. The Morgan fingerprint density at radius 1 is 1.33 bits per heavy atom. The first-order chi connectivity index (χ1) is 7.10. The third-order valence-corrected chi connectivity index (χ3v) is 3.29. The molecule has 1 nitrogen and oxygen atoms in total. The lowest BCUT2D eigenvalue weighted by atomic mass is 9.82. The van der Waals surface area contributed by atoms with Gasteiger partial charge in [-0.15, -0.1) is 0 Å². The smallest absolute Gasteiger partial charge is 0.251 e. The molecule has 0 amide bonds. The van der Waals surface area contributed by atoms with E-state index in [0.29, 0.717) is 19.3 Å². The van der Waals surface area contributed by atoms with Crippen molar-refractivity contribution in [2.45, 2.75) is 64.4 Å². The highest BCUT2D eigenvalue weighted by atomic mass is 19.3.